The molecule has 0 saturated carbocycles. The average Bonchev–Trinajstić information content (AvgIpc) is 3.00. The van der Waals surface area contributed by atoms with Gasteiger partial charge in [-0.1, -0.05) is 18.2 Å². The molecule has 0 aromatic heterocycles. The van der Waals surface area contributed by atoms with Crippen molar-refractivity contribution in [1.29, 1.82) is 5.26 Å². The van der Waals surface area contributed by atoms with Crippen molar-refractivity contribution in [2.45, 2.75) is 31.8 Å². The van der Waals surface area contributed by atoms with E-state index in [4.69, 9.17) is 14.7 Å². The third-order valence-corrected chi connectivity index (χ3v) is 6.18. The lowest BCUT2D eigenvalue weighted by molar-refractivity contribution is -0.165. The summed E-state index contributed by atoms with van der Waals surface area (Å²) in [5, 5.41) is 19.5. The van der Waals surface area contributed by atoms with Crippen molar-refractivity contribution >= 4 is 18.3 Å². The summed E-state index contributed by atoms with van der Waals surface area (Å²) in [5.41, 5.74) is 1.56. The van der Waals surface area contributed by atoms with Crippen LogP contribution in [0.2, 0.25) is 0 Å². The highest BCUT2D eigenvalue weighted by molar-refractivity contribution is 6.06. The molecule has 0 aliphatic carbocycles. The summed E-state index contributed by atoms with van der Waals surface area (Å²) in [7, 11) is 3.08. The number of amides is 4. The number of carbonyl (C=O) groups is 3. The zero-order chi connectivity index (χ0) is 25.8. The van der Waals surface area contributed by atoms with Crippen LogP contribution in [0.1, 0.15) is 19.4 Å². The number of rotatable bonds is 10. The molecule has 1 heterocycles. The molecule has 0 unspecified atom stereocenters. The van der Waals surface area contributed by atoms with Crippen LogP contribution in [-0.4, -0.2) is 77.3 Å². The van der Waals surface area contributed by atoms with Crippen molar-refractivity contribution in [3.63, 3.8) is 0 Å². The lowest BCUT2D eigenvalue weighted by Gasteiger charge is -2.26. The van der Waals surface area contributed by atoms with Gasteiger partial charge in [0.15, 0.2) is 0 Å². The van der Waals surface area contributed by atoms with E-state index in [-0.39, 0.29) is 26.0 Å². The lowest BCUT2D eigenvalue weighted by Crippen LogP contribution is -2.48. The number of hydrogen-bond donors (Lipinski definition) is 1. The maximum atomic E-state index is 12.7. The van der Waals surface area contributed by atoms with Crippen LogP contribution in [0.25, 0.3) is 11.1 Å². The summed E-state index contributed by atoms with van der Waals surface area (Å²) in [5.74, 6) is 0.698. The molecule has 184 valence electrons. The molecule has 1 N–H and O–H groups in total. The van der Waals surface area contributed by atoms with E-state index in [2.05, 4.69) is 6.07 Å². The van der Waals surface area contributed by atoms with Crippen LogP contribution in [0, 0.1) is 11.3 Å². The first-order valence-electron chi connectivity index (χ1n) is 10.9. The fraction of sp³-hybridized carbons (Fsp3) is 0.360. The fourth-order valence-corrected chi connectivity index (χ4v) is 3.77. The summed E-state index contributed by atoms with van der Waals surface area (Å²) in [6, 6.07) is 13.4. The van der Waals surface area contributed by atoms with E-state index < -0.39 is 23.5 Å². The Hall–Kier alpha value is -4.10. The number of benzene rings is 2. The average molecular weight is 481 g/mol. The van der Waals surface area contributed by atoms with Gasteiger partial charge in [0.2, 0.25) is 6.41 Å². The van der Waals surface area contributed by atoms with E-state index in [1.54, 1.807) is 33.1 Å². The molecule has 1 aliphatic heterocycles. The second-order valence-electron chi connectivity index (χ2n) is 8.65. The first kappa shape index (κ1) is 25.5. The highest BCUT2D eigenvalue weighted by atomic mass is 16.5. The molecule has 35 heavy (non-hydrogen) atoms. The van der Waals surface area contributed by atoms with Crippen molar-refractivity contribution in [3.8, 4) is 28.7 Å². The van der Waals surface area contributed by atoms with Crippen LogP contribution in [0.3, 0.4) is 0 Å². The number of ether oxygens (including phenoxy) is 2. The molecule has 1 fully saturated rings. The minimum absolute atomic E-state index is 0.148. The normalized spacial score (nSPS) is 15.5. The predicted octanol–water partition coefficient (Wildman–Crippen LogP) is 2.70. The maximum absolute atomic E-state index is 12.7. The second-order valence-corrected chi connectivity index (χ2v) is 8.65. The van der Waals surface area contributed by atoms with Gasteiger partial charge in [-0.25, -0.2) is 9.86 Å². The number of carbonyl (C=O) groups excluding carboxylic acids is 3. The number of nitrogens with zero attached hydrogens (tertiary/aromatic N) is 4. The number of likely N-dealkylation sites (N-methyl/N-ethyl adjacent to an activating group) is 1. The topological polar surface area (TPSA) is 123 Å². The quantitative estimate of drug-likeness (QED) is 0.240. The van der Waals surface area contributed by atoms with Crippen molar-refractivity contribution in [2.24, 2.45) is 0 Å². The zero-order valence-electron chi connectivity index (χ0n) is 20.1. The van der Waals surface area contributed by atoms with Crippen LogP contribution >= 0.6 is 0 Å². The van der Waals surface area contributed by atoms with E-state index in [9.17, 15) is 19.6 Å². The molecular formula is C25H28N4O6. The largest absolute Gasteiger partial charge is 0.496 e. The van der Waals surface area contributed by atoms with Gasteiger partial charge in [-0.3, -0.25) is 19.7 Å². The van der Waals surface area contributed by atoms with Gasteiger partial charge in [0, 0.05) is 12.6 Å². The standard InChI is InChI=1S/C25H28N4O6/c1-25(2)23(31)28(24(32)27(25)3)14-20(29(33)16-30)15-35-21-8-5-17(6-9-21)18-7-10-22(34-4)19(13-18)11-12-26/h5-10,13,16,20,33H,11,14-15H2,1-4H3/t20-/m1/s1. The Kier molecular flexibility index (Phi) is 7.62. The van der Waals surface area contributed by atoms with E-state index in [0.717, 1.165) is 21.6 Å². The molecule has 3 rings (SSSR count). The SMILES string of the molecule is COc1ccc(-c2ccc(OC[C@@H](CN3C(=O)N(C)C(C)(C)C3=O)N(O)C=O)cc2)cc1CC#N. The van der Waals surface area contributed by atoms with Crippen molar-refractivity contribution < 1.29 is 29.1 Å². The summed E-state index contributed by atoms with van der Waals surface area (Å²) in [6.45, 7) is 2.89. The van der Waals surface area contributed by atoms with Crippen LogP contribution < -0.4 is 9.47 Å². The molecule has 1 atom stereocenters. The second kappa shape index (κ2) is 10.4. The molecule has 0 radical (unpaired) electrons. The number of hydroxylamine groups is 2. The van der Waals surface area contributed by atoms with Crippen molar-refractivity contribution in [1.82, 2.24) is 14.9 Å². The molecule has 0 bridgehead atoms. The van der Waals surface area contributed by atoms with Gasteiger partial charge in [0.25, 0.3) is 5.91 Å². The van der Waals surface area contributed by atoms with Gasteiger partial charge >= 0.3 is 6.03 Å². The minimum atomic E-state index is -1.02. The highest BCUT2D eigenvalue weighted by Crippen LogP contribution is 2.29. The first-order chi connectivity index (χ1) is 16.6. The lowest BCUT2D eigenvalue weighted by atomic mass is 10.0. The van der Waals surface area contributed by atoms with E-state index >= 15 is 0 Å². The third kappa shape index (κ3) is 5.20. The molecule has 10 heteroatoms. The van der Waals surface area contributed by atoms with Crippen LogP contribution in [0.15, 0.2) is 42.5 Å². The number of methoxy groups -OCH3 is 1. The molecule has 1 aliphatic rings. The monoisotopic (exact) mass is 480 g/mol. The summed E-state index contributed by atoms with van der Waals surface area (Å²) < 4.78 is 11.1. The Labute approximate surface area is 203 Å². The molecule has 4 amide bonds. The number of urea groups is 1. The van der Waals surface area contributed by atoms with Crippen LogP contribution in [0.5, 0.6) is 11.5 Å². The van der Waals surface area contributed by atoms with Gasteiger partial charge in [-0.05, 0) is 49.2 Å². The molecule has 1 saturated heterocycles. The smallest absolute Gasteiger partial charge is 0.327 e. The Balaban J connectivity index is 1.71. The van der Waals surface area contributed by atoms with Crippen LogP contribution in [0.4, 0.5) is 4.79 Å². The van der Waals surface area contributed by atoms with E-state index in [0.29, 0.717) is 16.6 Å². The van der Waals surface area contributed by atoms with Gasteiger partial charge < -0.3 is 14.4 Å². The van der Waals surface area contributed by atoms with E-state index in [1.807, 2.05) is 30.3 Å². The van der Waals surface area contributed by atoms with Gasteiger partial charge in [-0.15, -0.1) is 0 Å². The van der Waals surface area contributed by atoms with Crippen LogP contribution in [-0.2, 0) is 16.0 Å². The number of imide groups is 1. The highest BCUT2D eigenvalue weighted by Gasteiger charge is 2.50. The Morgan fingerprint density at radius 2 is 1.83 bits per heavy atom. The number of nitriles is 1. The molecular weight excluding hydrogens is 452 g/mol. The molecule has 2 aromatic carbocycles. The molecule has 2 aromatic rings. The summed E-state index contributed by atoms with van der Waals surface area (Å²) in [6.07, 6.45) is 0.433. The van der Waals surface area contributed by atoms with Gasteiger partial charge in [0.05, 0.1) is 26.1 Å². The molecule has 0 spiro atoms. The van der Waals surface area contributed by atoms with Gasteiger partial charge in [0.1, 0.15) is 29.7 Å². The fourth-order valence-electron chi connectivity index (χ4n) is 3.77. The Morgan fingerprint density at radius 1 is 1.17 bits per heavy atom. The summed E-state index contributed by atoms with van der Waals surface area (Å²) >= 11 is 0. The Morgan fingerprint density at radius 3 is 2.37 bits per heavy atom. The minimum Gasteiger partial charge on any atom is -0.496 e. The van der Waals surface area contributed by atoms with Gasteiger partial charge in [-0.2, -0.15) is 5.26 Å². The third-order valence-electron chi connectivity index (χ3n) is 6.18. The Bertz CT molecular complexity index is 1140. The van der Waals surface area contributed by atoms with E-state index in [1.165, 1.54) is 11.9 Å². The van der Waals surface area contributed by atoms with Crippen molar-refractivity contribution in [3.05, 3.63) is 48.0 Å². The molecule has 10 nitrogen and oxygen atoms in total. The first-order valence-corrected chi connectivity index (χ1v) is 10.9. The summed E-state index contributed by atoms with van der Waals surface area (Å²) in [4.78, 5) is 38.7. The van der Waals surface area contributed by atoms with Crippen molar-refractivity contribution in [2.75, 3.05) is 27.3 Å². The zero-order valence-corrected chi connectivity index (χ0v) is 20.1. The number of hydrogen-bond acceptors (Lipinski definition) is 7. The predicted molar refractivity (Wildman–Crippen MR) is 126 cm³/mol. The maximum Gasteiger partial charge on any atom is 0.327 e.